The molecule has 0 heterocycles. The van der Waals surface area contributed by atoms with E-state index in [1.807, 2.05) is 56.2 Å². The standard InChI is InChI=1S/C26H21N3O5P/c1-18(27-17-19-15-20(28(31)32)16-24(26(19)30)29(33)34)23-13-8-14-25(23)35(21-9-4-2-5-10-21)22-11-6-3-7-12-22/h2-18,30H,1H3/t18-/m1/s1. The Labute approximate surface area is 204 Å². The monoisotopic (exact) mass is 486 g/mol. The predicted molar refractivity (Wildman–Crippen MR) is 137 cm³/mol. The van der Waals surface area contributed by atoms with Crippen LogP contribution in [0, 0.1) is 51.1 Å². The maximum Gasteiger partial charge on any atom is 0.318 e. The van der Waals surface area contributed by atoms with Gasteiger partial charge in [-0.15, -0.1) is 0 Å². The highest BCUT2D eigenvalue weighted by Crippen LogP contribution is 2.57. The lowest BCUT2D eigenvalue weighted by atomic mass is 10.00. The Bertz CT molecular complexity index is 1200. The Morgan fingerprint density at radius 2 is 1.51 bits per heavy atom. The fourth-order valence-electron chi connectivity index (χ4n) is 3.80. The van der Waals surface area contributed by atoms with Crippen molar-refractivity contribution >= 4 is 36.1 Å². The second-order valence-electron chi connectivity index (χ2n) is 7.74. The summed E-state index contributed by atoms with van der Waals surface area (Å²) in [5, 5.41) is 35.1. The zero-order valence-corrected chi connectivity index (χ0v) is 19.6. The number of rotatable bonds is 8. The SMILES string of the molecule is C[C@@H](N=Cc1cc([N+](=O)[O-])cc([N+](=O)[O-])c1O)[C]1[CH][CH][CH][C]1P(c1ccccc1)c1ccccc1. The van der Waals surface area contributed by atoms with Crippen LogP contribution >= 0.6 is 7.92 Å². The van der Waals surface area contributed by atoms with Crippen molar-refractivity contribution in [3.05, 3.63) is 129 Å². The third-order valence-corrected chi connectivity index (χ3v) is 8.01. The van der Waals surface area contributed by atoms with Gasteiger partial charge in [0, 0.05) is 29.4 Å². The van der Waals surface area contributed by atoms with Crippen molar-refractivity contribution in [2.24, 2.45) is 4.99 Å². The second kappa shape index (κ2) is 10.7. The van der Waals surface area contributed by atoms with Crippen molar-refractivity contribution in [1.82, 2.24) is 0 Å². The number of nitro benzene ring substituents is 2. The Hall–Kier alpha value is -3.64. The highest BCUT2D eigenvalue weighted by Gasteiger charge is 2.39. The first-order valence-corrected chi connectivity index (χ1v) is 12.1. The van der Waals surface area contributed by atoms with Crippen LogP contribution in [0.5, 0.6) is 5.75 Å². The minimum Gasteiger partial charge on any atom is -0.502 e. The van der Waals surface area contributed by atoms with Crippen molar-refractivity contribution in [3.63, 3.8) is 0 Å². The van der Waals surface area contributed by atoms with Gasteiger partial charge >= 0.3 is 5.69 Å². The number of hydrogen-bond donors (Lipinski definition) is 1. The molecule has 8 nitrogen and oxygen atoms in total. The van der Waals surface area contributed by atoms with E-state index in [4.69, 9.17) is 0 Å². The summed E-state index contributed by atoms with van der Waals surface area (Å²) in [4.78, 5) is 25.4. The molecule has 0 unspecified atom stereocenters. The van der Waals surface area contributed by atoms with E-state index in [1.54, 1.807) is 0 Å². The Kier molecular flexibility index (Phi) is 7.51. The zero-order chi connectivity index (χ0) is 24.9. The summed E-state index contributed by atoms with van der Waals surface area (Å²) in [5.74, 6) is 0.314. The first-order valence-electron chi connectivity index (χ1n) is 10.7. The van der Waals surface area contributed by atoms with Crippen LogP contribution < -0.4 is 10.6 Å². The Balaban J connectivity index is 1.65. The Morgan fingerprint density at radius 1 is 0.914 bits per heavy atom. The van der Waals surface area contributed by atoms with Gasteiger partial charge < -0.3 is 5.11 Å². The van der Waals surface area contributed by atoms with E-state index in [2.05, 4.69) is 35.7 Å². The molecule has 35 heavy (non-hydrogen) atoms. The van der Waals surface area contributed by atoms with Crippen molar-refractivity contribution < 1.29 is 15.0 Å². The molecule has 4 rings (SSSR count). The maximum absolute atomic E-state index is 11.2. The highest BCUT2D eigenvalue weighted by atomic mass is 31.1. The quantitative estimate of drug-likeness (QED) is 0.211. The summed E-state index contributed by atoms with van der Waals surface area (Å²) in [6.45, 7) is 1.88. The number of non-ortho nitro benzene ring substituents is 1. The summed E-state index contributed by atoms with van der Waals surface area (Å²) in [6, 6.07) is 21.8. The van der Waals surface area contributed by atoms with Gasteiger partial charge in [-0.1, -0.05) is 60.7 Å². The molecule has 0 saturated heterocycles. The molecule has 1 aliphatic carbocycles. The molecule has 3 aromatic carbocycles. The van der Waals surface area contributed by atoms with Gasteiger partial charge in [-0.2, -0.15) is 0 Å². The lowest BCUT2D eigenvalue weighted by Gasteiger charge is -2.30. The number of hydrogen-bond acceptors (Lipinski definition) is 6. The molecular weight excluding hydrogens is 465 g/mol. The van der Waals surface area contributed by atoms with Crippen molar-refractivity contribution in [3.8, 4) is 5.75 Å². The average molecular weight is 486 g/mol. The fraction of sp³-hybridized carbons (Fsp3) is 0.0769. The molecule has 1 saturated carbocycles. The minimum atomic E-state index is -0.863. The summed E-state index contributed by atoms with van der Waals surface area (Å²) in [7, 11) is -0.863. The van der Waals surface area contributed by atoms with E-state index in [9.17, 15) is 25.3 Å². The topological polar surface area (TPSA) is 119 Å². The zero-order valence-electron chi connectivity index (χ0n) is 18.7. The van der Waals surface area contributed by atoms with Gasteiger partial charge in [0.1, 0.15) is 0 Å². The van der Waals surface area contributed by atoms with Crippen LogP contribution in [0.25, 0.3) is 0 Å². The Morgan fingerprint density at radius 3 is 2.06 bits per heavy atom. The van der Waals surface area contributed by atoms with E-state index >= 15 is 0 Å². The van der Waals surface area contributed by atoms with Crippen LogP contribution in [0.1, 0.15) is 12.5 Å². The molecule has 5 radical (unpaired) electrons. The number of phenols is 1. The molecule has 1 atom stereocenters. The fourth-order valence-corrected chi connectivity index (χ4v) is 6.35. The predicted octanol–water partition coefficient (Wildman–Crippen LogP) is 4.88. The van der Waals surface area contributed by atoms with Crippen molar-refractivity contribution in [2.45, 2.75) is 13.0 Å². The van der Waals surface area contributed by atoms with Crippen LogP contribution in [0.4, 0.5) is 11.4 Å². The van der Waals surface area contributed by atoms with Gasteiger partial charge in [-0.25, -0.2) is 0 Å². The summed E-state index contributed by atoms with van der Waals surface area (Å²) in [5.41, 5.74) is -0.191. The van der Waals surface area contributed by atoms with Gasteiger partial charge in [0.15, 0.2) is 0 Å². The smallest absolute Gasteiger partial charge is 0.318 e. The molecule has 0 amide bonds. The number of benzene rings is 3. The van der Waals surface area contributed by atoms with Gasteiger partial charge in [-0.3, -0.25) is 25.2 Å². The molecule has 0 bridgehead atoms. The molecule has 3 aromatic rings. The first kappa shape index (κ1) is 24.5. The van der Waals surface area contributed by atoms with Gasteiger partial charge in [0.25, 0.3) is 5.69 Å². The van der Waals surface area contributed by atoms with Gasteiger partial charge in [0.05, 0.1) is 22.0 Å². The van der Waals surface area contributed by atoms with Crippen LogP contribution in [0.15, 0.2) is 77.8 Å². The molecule has 9 heteroatoms. The van der Waals surface area contributed by atoms with Crippen LogP contribution in [-0.4, -0.2) is 27.2 Å². The van der Waals surface area contributed by atoms with E-state index in [1.165, 1.54) is 16.8 Å². The number of nitrogens with zero attached hydrogens (tertiary/aromatic N) is 3. The van der Waals surface area contributed by atoms with Crippen LogP contribution in [-0.2, 0) is 0 Å². The first-order chi connectivity index (χ1) is 16.9. The highest BCUT2D eigenvalue weighted by molar-refractivity contribution is 7.76. The lowest BCUT2D eigenvalue weighted by Crippen LogP contribution is -2.23. The van der Waals surface area contributed by atoms with E-state index in [0.717, 1.165) is 23.7 Å². The molecule has 0 spiro atoms. The number of aliphatic imine (C=N–C) groups is 1. The van der Waals surface area contributed by atoms with Crippen LogP contribution in [0.3, 0.4) is 0 Å². The molecule has 0 aliphatic heterocycles. The largest absolute Gasteiger partial charge is 0.502 e. The van der Waals surface area contributed by atoms with Crippen LogP contribution in [0.2, 0.25) is 0 Å². The summed E-state index contributed by atoms with van der Waals surface area (Å²) >= 11 is 0. The number of phenolic OH excluding ortho intramolecular Hbond substituents is 1. The number of nitro groups is 2. The van der Waals surface area contributed by atoms with E-state index in [-0.39, 0.29) is 11.6 Å². The van der Waals surface area contributed by atoms with E-state index < -0.39 is 34.9 Å². The molecule has 1 N–H and O–H groups in total. The molecule has 1 aliphatic rings. The average Bonchev–Trinajstić information content (AvgIpc) is 3.34. The molecular formula is C26H21N3O5P. The summed E-state index contributed by atoms with van der Waals surface area (Å²) in [6.07, 6.45) is 7.27. The van der Waals surface area contributed by atoms with Crippen molar-refractivity contribution in [2.75, 3.05) is 0 Å². The maximum atomic E-state index is 11.2. The van der Waals surface area contributed by atoms with Gasteiger partial charge in [0.2, 0.25) is 5.75 Å². The normalized spacial score (nSPS) is 15.6. The molecule has 175 valence electrons. The third-order valence-electron chi connectivity index (χ3n) is 5.49. The van der Waals surface area contributed by atoms with Gasteiger partial charge in [-0.05, 0) is 44.7 Å². The molecule has 0 aromatic heterocycles. The van der Waals surface area contributed by atoms with Crippen molar-refractivity contribution in [1.29, 1.82) is 0 Å². The third kappa shape index (κ3) is 5.38. The second-order valence-corrected chi connectivity index (χ2v) is 9.93. The summed E-state index contributed by atoms with van der Waals surface area (Å²) < 4.78 is 0. The lowest BCUT2D eigenvalue weighted by molar-refractivity contribution is -0.394. The number of aromatic hydroxyl groups is 1. The molecule has 1 fully saturated rings. The minimum absolute atomic E-state index is 0.0840. The van der Waals surface area contributed by atoms with E-state index in [0.29, 0.717) is 0 Å².